The van der Waals surface area contributed by atoms with Crippen LogP contribution in [0.4, 0.5) is 10.5 Å². The fraction of sp³-hybridized carbons (Fsp3) is 0.529. The van der Waals surface area contributed by atoms with E-state index in [9.17, 15) is 9.59 Å². The molecule has 2 amide bonds. The molecule has 1 radical (unpaired) electrons. The number of benzene rings is 1. The number of amides is 2. The molecule has 1 aromatic rings. The van der Waals surface area contributed by atoms with Gasteiger partial charge in [0, 0.05) is 24.6 Å². The number of hydrogen-bond donors (Lipinski definition) is 1. The van der Waals surface area contributed by atoms with Crippen molar-refractivity contribution in [2.45, 2.75) is 31.4 Å². The van der Waals surface area contributed by atoms with Crippen LogP contribution in [0.5, 0.6) is 0 Å². The van der Waals surface area contributed by atoms with Gasteiger partial charge in [0.2, 0.25) is 0 Å². The predicted octanol–water partition coefficient (Wildman–Crippen LogP) is 2.79. The Morgan fingerprint density at radius 3 is 2.87 bits per heavy atom. The van der Waals surface area contributed by atoms with E-state index in [0.717, 1.165) is 25.1 Å². The first-order valence-corrected chi connectivity index (χ1v) is 8.30. The van der Waals surface area contributed by atoms with Gasteiger partial charge in [-0.3, -0.25) is 4.79 Å². The Labute approximate surface area is 137 Å². The lowest BCUT2D eigenvalue weighted by molar-refractivity contribution is -0.143. The van der Waals surface area contributed by atoms with Crippen molar-refractivity contribution >= 4 is 25.0 Å². The van der Waals surface area contributed by atoms with Crippen molar-refractivity contribution in [2.24, 2.45) is 5.92 Å². The smallest absolute Gasteiger partial charge is 0.321 e. The minimum atomic E-state index is -0.123. The zero-order chi connectivity index (χ0) is 16.2. The minimum Gasteiger partial charge on any atom is -0.466 e. The van der Waals surface area contributed by atoms with Crippen molar-refractivity contribution in [3.63, 3.8) is 0 Å². The van der Waals surface area contributed by atoms with Gasteiger partial charge < -0.3 is 15.0 Å². The maximum absolute atomic E-state index is 12.4. The van der Waals surface area contributed by atoms with Gasteiger partial charge in [0.15, 0.2) is 0 Å². The number of hydrogen-bond acceptors (Lipinski definition) is 3. The fourth-order valence-electron chi connectivity index (χ4n) is 3.58. The van der Waals surface area contributed by atoms with Crippen LogP contribution in [0.2, 0.25) is 11.6 Å². The van der Waals surface area contributed by atoms with Crippen molar-refractivity contribution in [1.82, 2.24) is 4.90 Å². The fourth-order valence-corrected chi connectivity index (χ4v) is 3.58. The quantitative estimate of drug-likeness (QED) is 0.689. The van der Waals surface area contributed by atoms with Crippen molar-refractivity contribution in [2.75, 3.05) is 25.0 Å². The first kappa shape index (κ1) is 15.9. The number of urea groups is 1. The molecule has 2 fully saturated rings. The highest BCUT2D eigenvalue weighted by Crippen LogP contribution is 2.43. The van der Waals surface area contributed by atoms with E-state index < -0.39 is 0 Å². The highest BCUT2D eigenvalue weighted by molar-refractivity contribution is 6.46. The second-order valence-corrected chi connectivity index (χ2v) is 6.24. The zero-order valence-corrected chi connectivity index (χ0v) is 13.4. The summed E-state index contributed by atoms with van der Waals surface area (Å²) >= 11 is 0. The third kappa shape index (κ3) is 3.68. The van der Waals surface area contributed by atoms with Crippen molar-refractivity contribution in [3.05, 3.63) is 30.3 Å². The molecule has 5 nitrogen and oxygen atoms in total. The lowest BCUT2D eigenvalue weighted by atomic mass is 9.58. The Balaban J connectivity index is 1.55. The topological polar surface area (TPSA) is 58.6 Å². The third-order valence-electron chi connectivity index (χ3n) is 4.74. The Morgan fingerprint density at radius 2 is 2.13 bits per heavy atom. The van der Waals surface area contributed by atoms with Crippen LogP contribution < -0.4 is 5.32 Å². The summed E-state index contributed by atoms with van der Waals surface area (Å²) in [6.45, 7) is 3.67. The zero-order valence-electron chi connectivity index (χ0n) is 13.4. The second kappa shape index (κ2) is 7.07. The minimum absolute atomic E-state index is 0.0670. The standard InChI is InChI=1S/C17H22BN2O3/c1-2-23-16(21)14-10-12-8-9-20(11-15(12)18-14)17(22)19-13-6-4-3-5-7-13/h3-7,12,14-15H,2,8-11H2,1H3,(H,19,22)/t12-,14-,15?/m0/s1. The molecule has 0 aliphatic carbocycles. The Bertz CT molecular complexity index is 566. The van der Waals surface area contributed by atoms with Crippen LogP contribution in [-0.4, -0.2) is 43.9 Å². The highest BCUT2D eigenvalue weighted by Gasteiger charge is 2.42. The number of fused-ring (bicyclic) bond motifs is 1. The van der Waals surface area contributed by atoms with E-state index >= 15 is 0 Å². The average molecular weight is 313 g/mol. The van der Waals surface area contributed by atoms with Crippen LogP contribution in [0.15, 0.2) is 30.3 Å². The van der Waals surface area contributed by atoms with Gasteiger partial charge in [-0.1, -0.05) is 18.2 Å². The molecule has 1 N–H and O–H groups in total. The van der Waals surface area contributed by atoms with E-state index in [1.54, 1.807) is 0 Å². The largest absolute Gasteiger partial charge is 0.466 e. The third-order valence-corrected chi connectivity index (χ3v) is 4.74. The monoisotopic (exact) mass is 313 g/mol. The number of nitrogens with one attached hydrogen (secondary N) is 1. The number of carbonyl (C=O) groups is 2. The number of piperidine rings is 1. The van der Waals surface area contributed by atoms with Crippen LogP contribution in [0.25, 0.3) is 0 Å². The Kier molecular flexibility index (Phi) is 4.89. The number of nitrogens with zero attached hydrogens (tertiary/aromatic N) is 1. The molecule has 0 saturated carbocycles. The summed E-state index contributed by atoms with van der Waals surface area (Å²) in [5.74, 6) is 0.550. The SMILES string of the molecule is CCOC(=O)[C@H]1[B]C2CN(C(=O)Nc3ccccc3)CC[C@H]2C1. The van der Waals surface area contributed by atoms with E-state index in [1.807, 2.05) is 42.2 Å². The summed E-state index contributed by atoms with van der Waals surface area (Å²) in [6, 6.07) is 9.41. The molecule has 2 aliphatic rings. The first-order chi connectivity index (χ1) is 11.2. The molecule has 0 spiro atoms. The van der Waals surface area contributed by atoms with Gasteiger partial charge in [-0.05, 0) is 43.6 Å². The first-order valence-electron chi connectivity index (χ1n) is 8.30. The molecule has 6 heteroatoms. The molecule has 121 valence electrons. The highest BCUT2D eigenvalue weighted by atomic mass is 16.5. The van der Waals surface area contributed by atoms with Gasteiger partial charge in [0.1, 0.15) is 7.28 Å². The second-order valence-electron chi connectivity index (χ2n) is 6.24. The van der Waals surface area contributed by atoms with Gasteiger partial charge in [-0.2, -0.15) is 0 Å². The molecule has 2 saturated heterocycles. The normalized spacial score (nSPS) is 26.1. The van der Waals surface area contributed by atoms with Crippen LogP contribution in [0, 0.1) is 5.92 Å². The molecule has 3 atom stereocenters. The van der Waals surface area contributed by atoms with E-state index in [0.29, 0.717) is 24.9 Å². The van der Waals surface area contributed by atoms with Crippen LogP contribution in [-0.2, 0) is 9.53 Å². The van der Waals surface area contributed by atoms with Crippen molar-refractivity contribution < 1.29 is 14.3 Å². The van der Waals surface area contributed by atoms with Crippen LogP contribution in [0.3, 0.4) is 0 Å². The molecule has 2 heterocycles. The van der Waals surface area contributed by atoms with Gasteiger partial charge in [-0.25, -0.2) is 4.79 Å². The molecule has 2 aliphatic heterocycles. The summed E-state index contributed by atoms with van der Waals surface area (Å²) in [7, 11) is 2.09. The Hall–Kier alpha value is -1.98. The van der Waals surface area contributed by atoms with Crippen molar-refractivity contribution in [3.8, 4) is 0 Å². The summed E-state index contributed by atoms with van der Waals surface area (Å²) in [5.41, 5.74) is 0.805. The number of esters is 1. The lowest BCUT2D eigenvalue weighted by Crippen LogP contribution is -2.43. The molecule has 1 unspecified atom stereocenters. The van der Waals surface area contributed by atoms with Gasteiger partial charge in [0.25, 0.3) is 0 Å². The molecule has 1 aromatic carbocycles. The van der Waals surface area contributed by atoms with E-state index in [-0.39, 0.29) is 17.8 Å². The Morgan fingerprint density at radius 1 is 1.35 bits per heavy atom. The molecular weight excluding hydrogens is 291 g/mol. The summed E-state index contributed by atoms with van der Waals surface area (Å²) in [6.07, 6.45) is 1.80. The van der Waals surface area contributed by atoms with Crippen molar-refractivity contribution in [1.29, 1.82) is 0 Å². The molecule has 3 rings (SSSR count). The molecule has 23 heavy (non-hydrogen) atoms. The van der Waals surface area contributed by atoms with Crippen LogP contribution >= 0.6 is 0 Å². The molecular formula is C17H22BN2O3. The average Bonchev–Trinajstić information content (AvgIpc) is 2.99. The molecule has 0 aromatic heterocycles. The van der Waals surface area contributed by atoms with E-state index in [2.05, 4.69) is 12.6 Å². The van der Waals surface area contributed by atoms with E-state index in [4.69, 9.17) is 4.74 Å². The number of rotatable bonds is 3. The predicted molar refractivity (Wildman–Crippen MR) is 89.6 cm³/mol. The number of carbonyl (C=O) groups excluding carboxylic acids is 2. The molecule has 0 bridgehead atoms. The number of para-hydroxylation sites is 1. The lowest BCUT2D eigenvalue weighted by Gasteiger charge is -2.35. The van der Waals surface area contributed by atoms with Crippen LogP contribution in [0.1, 0.15) is 19.8 Å². The maximum Gasteiger partial charge on any atom is 0.321 e. The number of ether oxygens (including phenoxy) is 1. The maximum atomic E-state index is 12.4. The van der Waals surface area contributed by atoms with Gasteiger partial charge >= 0.3 is 12.0 Å². The van der Waals surface area contributed by atoms with E-state index in [1.165, 1.54) is 0 Å². The van der Waals surface area contributed by atoms with Gasteiger partial charge in [-0.15, -0.1) is 0 Å². The summed E-state index contributed by atoms with van der Waals surface area (Å²) in [5, 5.41) is 2.93. The number of likely N-dealkylation sites (tertiary alicyclic amines) is 1. The summed E-state index contributed by atoms with van der Waals surface area (Å²) in [4.78, 5) is 26.1. The summed E-state index contributed by atoms with van der Waals surface area (Å²) < 4.78 is 5.12. The van der Waals surface area contributed by atoms with Gasteiger partial charge in [0.05, 0.1) is 6.61 Å². The number of anilines is 1.